The highest BCUT2D eigenvalue weighted by atomic mass is 16.5. The van der Waals surface area contributed by atoms with E-state index < -0.39 is 5.91 Å². The predicted octanol–water partition coefficient (Wildman–Crippen LogP) is 2.93. The Morgan fingerprint density at radius 2 is 1.66 bits per heavy atom. The van der Waals surface area contributed by atoms with Crippen LogP contribution in [0.1, 0.15) is 42.6 Å². The molecule has 1 saturated carbocycles. The second-order valence-electron chi connectivity index (χ2n) is 8.82. The first-order chi connectivity index (χ1) is 15.3. The summed E-state index contributed by atoms with van der Waals surface area (Å²) in [4.78, 5) is 38.8. The van der Waals surface area contributed by atoms with Crippen LogP contribution >= 0.6 is 0 Å². The molecule has 0 spiro atoms. The fourth-order valence-corrected chi connectivity index (χ4v) is 4.12. The lowest BCUT2D eigenvalue weighted by Crippen LogP contribution is -2.41. The molecule has 170 valence electrons. The van der Waals surface area contributed by atoms with E-state index >= 15 is 0 Å². The number of ether oxygens (including phenoxy) is 1. The number of hydrogen-bond donors (Lipinski definition) is 1. The van der Waals surface area contributed by atoms with E-state index in [2.05, 4.69) is 10.4 Å². The van der Waals surface area contributed by atoms with Crippen molar-refractivity contribution in [2.75, 3.05) is 25.0 Å². The average Bonchev–Trinajstić information content (AvgIpc) is 3.61. The van der Waals surface area contributed by atoms with Gasteiger partial charge in [-0.05, 0) is 58.6 Å². The molecule has 2 aliphatic rings. The van der Waals surface area contributed by atoms with Crippen molar-refractivity contribution in [2.24, 2.45) is 11.8 Å². The largest absolute Gasteiger partial charge is 0.455 e. The summed E-state index contributed by atoms with van der Waals surface area (Å²) < 4.78 is 7.06. The fourth-order valence-electron chi connectivity index (χ4n) is 4.12. The minimum absolute atomic E-state index is 0.199. The standard InChI is InChI=1S/C24H30N4O4/c1-15-4-8-20(9-5-15)28-17(3)22(16(2)26-28)25-21(29)14-32-24(31)19-10-12-27(13-11-19)23(30)18-6-7-18/h4-5,8-9,18-19H,6-7,10-14H2,1-3H3,(H,25,29). The molecule has 0 atom stereocenters. The van der Waals surface area contributed by atoms with Crippen molar-refractivity contribution in [3.63, 3.8) is 0 Å². The molecule has 1 aromatic heterocycles. The van der Waals surface area contributed by atoms with Crippen LogP contribution in [0.4, 0.5) is 5.69 Å². The number of likely N-dealkylation sites (tertiary alicyclic amines) is 1. The number of carbonyl (C=O) groups excluding carboxylic acids is 3. The molecule has 1 saturated heterocycles. The summed E-state index contributed by atoms with van der Waals surface area (Å²) in [5.74, 6) is -0.617. The van der Waals surface area contributed by atoms with Crippen molar-refractivity contribution >= 4 is 23.5 Å². The van der Waals surface area contributed by atoms with Crippen molar-refractivity contribution in [2.45, 2.75) is 46.5 Å². The number of aryl methyl sites for hydroxylation is 2. The summed E-state index contributed by atoms with van der Waals surface area (Å²) in [6, 6.07) is 7.98. The number of nitrogens with zero attached hydrogens (tertiary/aromatic N) is 3. The molecule has 0 radical (unpaired) electrons. The van der Waals surface area contributed by atoms with Gasteiger partial charge in [0, 0.05) is 19.0 Å². The quantitative estimate of drug-likeness (QED) is 0.700. The predicted molar refractivity (Wildman–Crippen MR) is 119 cm³/mol. The topological polar surface area (TPSA) is 93.5 Å². The first-order valence-corrected chi connectivity index (χ1v) is 11.2. The summed E-state index contributed by atoms with van der Waals surface area (Å²) in [5, 5.41) is 7.36. The van der Waals surface area contributed by atoms with Crippen LogP contribution in [0.3, 0.4) is 0 Å². The second-order valence-corrected chi connectivity index (χ2v) is 8.82. The van der Waals surface area contributed by atoms with Gasteiger partial charge in [0.2, 0.25) is 5.91 Å². The molecule has 8 heteroatoms. The maximum atomic E-state index is 12.4. The summed E-state index contributed by atoms with van der Waals surface area (Å²) in [5.41, 5.74) is 4.19. The molecular weight excluding hydrogens is 408 g/mol. The van der Waals surface area contributed by atoms with Crippen LogP contribution in [0.2, 0.25) is 0 Å². The van der Waals surface area contributed by atoms with E-state index in [0.717, 1.165) is 29.8 Å². The number of amides is 2. The fraction of sp³-hybridized carbons (Fsp3) is 0.500. The Bertz CT molecular complexity index is 1020. The molecule has 8 nitrogen and oxygen atoms in total. The molecule has 4 rings (SSSR count). The van der Waals surface area contributed by atoms with E-state index in [1.807, 2.05) is 49.9 Å². The van der Waals surface area contributed by atoms with Gasteiger partial charge < -0.3 is 15.0 Å². The number of nitrogens with one attached hydrogen (secondary N) is 1. The highest BCUT2D eigenvalue weighted by molar-refractivity contribution is 5.94. The second kappa shape index (κ2) is 9.14. The zero-order valence-corrected chi connectivity index (χ0v) is 18.9. The third-order valence-electron chi connectivity index (χ3n) is 6.25. The van der Waals surface area contributed by atoms with Crippen LogP contribution in [0.15, 0.2) is 24.3 Å². The van der Waals surface area contributed by atoms with E-state index in [0.29, 0.717) is 37.3 Å². The Hall–Kier alpha value is -3.16. The minimum Gasteiger partial charge on any atom is -0.455 e. The Morgan fingerprint density at radius 1 is 1.00 bits per heavy atom. The van der Waals surface area contributed by atoms with Gasteiger partial charge in [-0.25, -0.2) is 4.68 Å². The van der Waals surface area contributed by atoms with Gasteiger partial charge in [0.05, 0.1) is 28.7 Å². The van der Waals surface area contributed by atoms with Crippen LogP contribution < -0.4 is 5.32 Å². The Morgan fingerprint density at radius 3 is 2.28 bits per heavy atom. The third kappa shape index (κ3) is 4.84. The summed E-state index contributed by atoms with van der Waals surface area (Å²) in [7, 11) is 0. The van der Waals surface area contributed by atoms with Gasteiger partial charge in [-0.15, -0.1) is 0 Å². The normalized spacial score (nSPS) is 16.7. The van der Waals surface area contributed by atoms with E-state index in [9.17, 15) is 14.4 Å². The lowest BCUT2D eigenvalue weighted by molar-refractivity contribution is -0.154. The first kappa shape index (κ1) is 22.0. The molecule has 1 aliphatic heterocycles. The average molecular weight is 439 g/mol. The molecule has 1 aliphatic carbocycles. The van der Waals surface area contributed by atoms with Gasteiger partial charge >= 0.3 is 5.97 Å². The SMILES string of the molecule is Cc1ccc(-n2nc(C)c(NC(=O)COC(=O)C3CCN(C(=O)C4CC4)CC3)c2C)cc1. The van der Waals surface area contributed by atoms with Crippen LogP contribution in [0.25, 0.3) is 5.69 Å². The number of benzene rings is 1. The van der Waals surface area contributed by atoms with Crippen LogP contribution in [0, 0.1) is 32.6 Å². The monoisotopic (exact) mass is 438 g/mol. The zero-order chi connectivity index (χ0) is 22.8. The molecule has 1 aromatic carbocycles. The molecule has 2 fully saturated rings. The molecule has 2 heterocycles. The lowest BCUT2D eigenvalue weighted by atomic mass is 9.97. The number of aromatic nitrogens is 2. The number of piperidine rings is 1. The van der Waals surface area contributed by atoms with E-state index in [-0.39, 0.29) is 30.3 Å². The van der Waals surface area contributed by atoms with E-state index in [4.69, 9.17) is 4.74 Å². The van der Waals surface area contributed by atoms with Crippen LogP contribution in [-0.2, 0) is 19.1 Å². The molecule has 0 bridgehead atoms. The summed E-state index contributed by atoms with van der Waals surface area (Å²) >= 11 is 0. The zero-order valence-electron chi connectivity index (χ0n) is 18.9. The van der Waals surface area contributed by atoms with Crippen LogP contribution in [0.5, 0.6) is 0 Å². The number of carbonyl (C=O) groups is 3. The van der Waals surface area contributed by atoms with Gasteiger partial charge in [-0.3, -0.25) is 14.4 Å². The number of hydrogen-bond acceptors (Lipinski definition) is 5. The molecule has 2 amide bonds. The number of rotatable bonds is 6. The highest BCUT2D eigenvalue weighted by Crippen LogP contribution is 2.32. The first-order valence-electron chi connectivity index (χ1n) is 11.2. The number of anilines is 1. The summed E-state index contributed by atoms with van der Waals surface area (Å²) in [6.07, 6.45) is 3.14. The van der Waals surface area contributed by atoms with Crippen molar-refractivity contribution in [3.05, 3.63) is 41.2 Å². The number of esters is 1. The molecule has 32 heavy (non-hydrogen) atoms. The van der Waals surface area contributed by atoms with Gasteiger partial charge in [0.15, 0.2) is 6.61 Å². The Kier molecular flexibility index (Phi) is 6.30. The highest BCUT2D eigenvalue weighted by Gasteiger charge is 2.36. The minimum atomic E-state index is -0.394. The van der Waals surface area contributed by atoms with Gasteiger partial charge in [-0.1, -0.05) is 17.7 Å². The molecule has 2 aromatic rings. The van der Waals surface area contributed by atoms with Crippen molar-refractivity contribution in [3.8, 4) is 5.69 Å². The van der Waals surface area contributed by atoms with Crippen molar-refractivity contribution < 1.29 is 19.1 Å². The van der Waals surface area contributed by atoms with Gasteiger partial charge in [0.25, 0.3) is 5.91 Å². The van der Waals surface area contributed by atoms with E-state index in [1.165, 1.54) is 0 Å². The smallest absolute Gasteiger partial charge is 0.309 e. The molecule has 1 N–H and O–H groups in total. The summed E-state index contributed by atoms with van der Waals surface area (Å²) in [6.45, 7) is 6.56. The maximum absolute atomic E-state index is 12.4. The lowest BCUT2D eigenvalue weighted by Gasteiger charge is -2.31. The van der Waals surface area contributed by atoms with Crippen molar-refractivity contribution in [1.82, 2.24) is 14.7 Å². The van der Waals surface area contributed by atoms with E-state index in [1.54, 1.807) is 4.68 Å². The van der Waals surface area contributed by atoms with Crippen LogP contribution in [-0.4, -0.2) is 52.2 Å². The Balaban J connectivity index is 1.28. The van der Waals surface area contributed by atoms with Gasteiger partial charge in [0.1, 0.15) is 0 Å². The maximum Gasteiger partial charge on any atom is 0.309 e. The molecule has 0 unspecified atom stereocenters. The third-order valence-corrected chi connectivity index (χ3v) is 6.25. The van der Waals surface area contributed by atoms with Gasteiger partial charge in [-0.2, -0.15) is 5.10 Å². The molecular formula is C24H30N4O4. The van der Waals surface area contributed by atoms with Crippen molar-refractivity contribution in [1.29, 1.82) is 0 Å². The Labute approximate surface area is 187 Å².